The maximum absolute atomic E-state index is 5.72. The van der Waals surface area contributed by atoms with Gasteiger partial charge in [0.15, 0.2) is 0 Å². The second-order valence-corrected chi connectivity index (χ2v) is 5.46. The molecule has 0 saturated carbocycles. The van der Waals surface area contributed by atoms with Gasteiger partial charge in [0.05, 0.1) is 12.7 Å². The zero-order valence-corrected chi connectivity index (χ0v) is 11.2. The summed E-state index contributed by atoms with van der Waals surface area (Å²) in [5, 5.41) is 0. The van der Waals surface area contributed by atoms with E-state index < -0.39 is 0 Å². The van der Waals surface area contributed by atoms with Crippen LogP contribution in [-0.4, -0.2) is 49.3 Å². The Hall–Kier alpha value is 0.270. The van der Waals surface area contributed by atoms with Crippen LogP contribution >= 0.6 is 11.8 Å². The van der Waals surface area contributed by atoms with Crippen LogP contribution in [0.1, 0.15) is 26.7 Å². The van der Waals surface area contributed by atoms with E-state index >= 15 is 0 Å². The lowest BCUT2D eigenvalue weighted by molar-refractivity contribution is -0.0170. The Kier molecular flexibility index (Phi) is 6.69. The molecule has 1 fully saturated rings. The van der Waals surface area contributed by atoms with E-state index in [9.17, 15) is 0 Å². The van der Waals surface area contributed by atoms with E-state index in [1.54, 1.807) is 0 Å². The molecular formula is C12H25NOS. The monoisotopic (exact) mass is 231 g/mol. The van der Waals surface area contributed by atoms with Gasteiger partial charge in [-0.05, 0) is 25.1 Å². The summed E-state index contributed by atoms with van der Waals surface area (Å²) in [6, 6.07) is 0. The Morgan fingerprint density at radius 1 is 1.53 bits per heavy atom. The van der Waals surface area contributed by atoms with Crippen LogP contribution in [0.4, 0.5) is 0 Å². The molecule has 2 nitrogen and oxygen atoms in total. The van der Waals surface area contributed by atoms with Crippen LogP contribution in [0.2, 0.25) is 0 Å². The fourth-order valence-electron chi connectivity index (χ4n) is 1.88. The van der Waals surface area contributed by atoms with E-state index in [4.69, 9.17) is 4.74 Å². The van der Waals surface area contributed by atoms with Crippen molar-refractivity contribution in [1.82, 2.24) is 4.90 Å². The summed E-state index contributed by atoms with van der Waals surface area (Å²) in [5.41, 5.74) is 0. The highest BCUT2D eigenvalue weighted by molar-refractivity contribution is 7.98. The third-order valence-electron chi connectivity index (χ3n) is 3.21. The topological polar surface area (TPSA) is 12.5 Å². The van der Waals surface area contributed by atoms with Gasteiger partial charge in [0.1, 0.15) is 0 Å². The molecule has 0 spiro atoms. The zero-order valence-electron chi connectivity index (χ0n) is 10.4. The molecule has 0 radical (unpaired) electrons. The molecule has 1 rings (SSSR count). The number of hydrogen-bond acceptors (Lipinski definition) is 3. The van der Waals surface area contributed by atoms with Gasteiger partial charge in [-0.25, -0.2) is 0 Å². The molecule has 2 atom stereocenters. The van der Waals surface area contributed by atoms with Gasteiger partial charge >= 0.3 is 0 Å². The highest BCUT2D eigenvalue weighted by atomic mass is 32.2. The largest absolute Gasteiger partial charge is 0.375 e. The predicted octanol–water partition coefficient (Wildman–Crippen LogP) is 2.49. The van der Waals surface area contributed by atoms with Crippen molar-refractivity contribution >= 4 is 11.8 Å². The van der Waals surface area contributed by atoms with Crippen molar-refractivity contribution in [2.75, 3.05) is 38.2 Å². The molecule has 3 heteroatoms. The standard InChI is InChI=1S/C12H25NOS/c1-4-11(2)5-6-13-7-8-14-12(9-13)10-15-3/h11-12H,4-10H2,1-3H3/t11?,12-/m0/s1. The molecule has 0 aromatic carbocycles. The van der Waals surface area contributed by atoms with E-state index in [1.807, 2.05) is 11.8 Å². The van der Waals surface area contributed by atoms with Crippen molar-refractivity contribution in [2.45, 2.75) is 32.8 Å². The van der Waals surface area contributed by atoms with Crippen molar-refractivity contribution in [3.05, 3.63) is 0 Å². The maximum Gasteiger partial charge on any atom is 0.0792 e. The van der Waals surface area contributed by atoms with Gasteiger partial charge in [-0.3, -0.25) is 4.90 Å². The first-order chi connectivity index (χ1) is 7.26. The molecule has 1 unspecified atom stereocenters. The second kappa shape index (κ2) is 7.53. The van der Waals surface area contributed by atoms with Crippen LogP contribution in [0.25, 0.3) is 0 Å². The summed E-state index contributed by atoms with van der Waals surface area (Å²) >= 11 is 1.89. The second-order valence-electron chi connectivity index (χ2n) is 4.55. The first-order valence-corrected chi connectivity index (χ1v) is 7.48. The summed E-state index contributed by atoms with van der Waals surface area (Å²) in [6.45, 7) is 9.06. The fourth-order valence-corrected chi connectivity index (χ4v) is 2.45. The first-order valence-electron chi connectivity index (χ1n) is 6.09. The minimum absolute atomic E-state index is 0.464. The first kappa shape index (κ1) is 13.3. The van der Waals surface area contributed by atoms with Crippen LogP contribution in [0, 0.1) is 5.92 Å². The predicted molar refractivity (Wildman–Crippen MR) is 68.6 cm³/mol. The van der Waals surface area contributed by atoms with Crippen LogP contribution in [0.5, 0.6) is 0 Å². The lowest BCUT2D eigenvalue weighted by atomic mass is 10.0. The third kappa shape index (κ3) is 5.23. The average molecular weight is 231 g/mol. The van der Waals surface area contributed by atoms with Crippen molar-refractivity contribution in [3.8, 4) is 0 Å². The Bertz CT molecular complexity index is 164. The lowest BCUT2D eigenvalue weighted by Gasteiger charge is -2.33. The number of thioether (sulfide) groups is 1. The lowest BCUT2D eigenvalue weighted by Crippen LogP contribution is -2.44. The minimum Gasteiger partial charge on any atom is -0.375 e. The van der Waals surface area contributed by atoms with Crippen molar-refractivity contribution in [3.63, 3.8) is 0 Å². The molecule has 0 bridgehead atoms. The molecule has 0 aromatic rings. The van der Waals surface area contributed by atoms with Gasteiger partial charge in [-0.2, -0.15) is 11.8 Å². The number of nitrogens with zero attached hydrogens (tertiary/aromatic N) is 1. The van der Waals surface area contributed by atoms with Crippen LogP contribution < -0.4 is 0 Å². The SMILES string of the molecule is CCC(C)CCN1CCO[C@H](CSC)C1. The summed E-state index contributed by atoms with van der Waals surface area (Å²) in [5.74, 6) is 2.01. The number of rotatable bonds is 6. The number of morpholine rings is 1. The van der Waals surface area contributed by atoms with E-state index in [0.717, 1.165) is 31.4 Å². The van der Waals surface area contributed by atoms with Gasteiger partial charge < -0.3 is 4.74 Å². The Morgan fingerprint density at radius 2 is 2.33 bits per heavy atom. The Balaban J connectivity index is 2.18. The number of hydrogen-bond donors (Lipinski definition) is 0. The zero-order chi connectivity index (χ0) is 11.1. The van der Waals surface area contributed by atoms with E-state index in [-0.39, 0.29) is 0 Å². The smallest absolute Gasteiger partial charge is 0.0792 e. The summed E-state index contributed by atoms with van der Waals surface area (Å²) < 4.78 is 5.72. The quantitative estimate of drug-likeness (QED) is 0.697. The van der Waals surface area contributed by atoms with Crippen molar-refractivity contribution in [2.24, 2.45) is 5.92 Å². The maximum atomic E-state index is 5.72. The molecule has 1 saturated heterocycles. The van der Waals surface area contributed by atoms with Crippen molar-refractivity contribution in [1.29, 1.82) is 0 Å². The normalized spacial score (nSPS) is 25.4. The molecule has 1 aliphatic heterocycles. The molecule has 0 amide bonds. The molecule has 0 aliphatic carbocycles. The molecule has 1 aliphatic rings. The third-order valence-corrected chi connectivity index (χ3v) is 3.92. The molecule has 90 valence electrons. The van der Waals surface area contributed by atoms with Crippen molar-refractivity contribution < 1.29 is 4.74 Å². The Morgan fingerprint density at radius 3 is 3.00 bits per heavy atom. The van der Waals surface area contributed by atoms with Gasteiger partial charge in [-0.15, -0.1) is 0 Å². The molecule has 1 heterocycles. The van der Waals surface area contributed by atoms with Gasteiger partial charge in [0.2, 0.25) is 0 Å². The molecular weight excluding hydrogens is 206 g/mol. The van der Waals surface area contributed by atoms with Gasteiger partial charge in [0, 0.05) is 18.8 Å². The highest BCUT2D eigenvalue weighted by Crippen LogP contribution is 2.12. The molecule has 15 heavy (non-hydrogen) atoms. The summed E-state index contributed by atoms with van der Waals surface area (Å²) in [4.78, 5) is 2.57. The minimum atomic E-state index is 0.464. The van der Waals surface area contributed by atoms with Crippen LogP contribution in [0.15, 0.2) is 0 Å². The van der Waals surface area contributed by atoms with Crippen LogP contribution in [-0.2, 0) is 4.74 Å². The number of ether oxygens (including phenoxy) is 1. The van der Waals surface area contributed by atoms with Gasteiger partial charge in [0.25, 0.3) is 0 Å². The van der Waals surface area contributed by atoms with Gasteiger partial charge in [-0.1, -0.05) is 20.3 Å². The Labute approximate surface area is 98.7 Å². The van der Waals surface area contributed by atoms with E-state index in [1.165, 1.54) is 19.4 Å². The van der Waals surface area contributed by atoms with Crippen LogP contribution in [0.3, 0.4) is 0 Å². The van der Waals surface area contributed by atoms with E-state index in [0.29, 0.717) is 6.10 Å². The summed E-state index contributed by atoms with van der Waals surface area (Å²) in [6.07, 6.45) is 5.26. The molecule has 0 aromatic heterocycles. The van der Waals surface area contributed by atoms with E-state index in [2.05, 4.69) is 25.0 Å². The fraction of sp³-hybridized carbons (Fsp3) is 1.00. The highest BCUT2D eigenvalue weighted by Gasteiger charge is 2.19. The molecule has 0 N–H and O–H groups in total. The average Bonchev–Trinajstić information content (AvgIpc) is 2.27. The summed E-state index contributed by atoms with van der Waals surface area (Å²) in [7, 11) is 0.